The fraction of sp³-hybridized carbons (Fsp3) is 0.160. The average molecular weight is 459 g/mol. The van der Waals surface area contributed by atoms with Gasteiger partial charge in [-0.2, -0.15) is 0 Å². The minimum Gasteiger partial charge on any atom is -0.507 e. The lowest BCUT2D eigenvalue weighted by Crippen LogP contribution is -2.29. The van der Waals surface area contributed by atoms with Crippen LogP contribution in [0.5, 0.6) is 5.75 Å². The highest BCUT2D eigenvalue weighted by atomic mass is 16.6. The third-order valence-corrected chi connectivity index (χ3v) is 5.70. The number of amides is 1. The van der Waals surface area contributed by atoms with Crippen molar-refractivity contribution >= 4 is 23.1 Å². The Kier molecular flexibility index (Phi) is 6.09. The fourth-order valence-electron chi connectivity index (χ4n) is 4.04. The van der Waals surface area contributed by atoms with E-state index < -0.39 is 22.7 Å². The highest BCUT2D eigenvalue weighted by Gasteiger charge is 2.46. The molecule has 34 heavy (non-hydrogen) atoms. The molecule has 9 heteroatoms. The molecule has 0 bridgehead atoms. The molecule has 0 saturated carbocycles. The zero-order valence-corrected chi connectivity index (χ0v) is 18.5. The van der Waals surface area contributed by atoms with Gasteiger partial charge in [0.25, 0.3) is 17.4 Å². The summed E-state index contributed by atoms with van der Waals surface area (Å²) in [5.41, 5.74) is 2.02. The van der Waals surface area contributed by atoms with E-state index in [9.17, 15) is 24.8 Å². The fourth-order valence-corrected chi connectivity index (χ4v) is 4.04. The number of ketones is 1. The van der Waals surface area contributed by atoms with Gasteiger partial charge in [-0.05, 0) is 60.0 Å². The van der Waals surface area contributed by atoms with E-state index in [2.05, 4.69) is 4.98 Å². The highest BCUT2D eigenvalue weighted by Crippen LogP contribution is 2.41. The Bertz CT molecular complexity index is 1300. The summed E-state index contributed by atoms with van der Waals surface area (Å²) in [7, 11) is 1.53. The van der Waals surface area contributed by atoms with Gasteiger partial charge in [0, 0.05) is 36.6 Å². The smallest absolute Gasteiger partial charge is 0.295 e. The van der Waals surface area contributed by atoms with E-state index in [-0.39, 0.29) is 23.6 Å². The quantitative estimate of drug-likeness (QED) is 0.195. The van der Waals surface area contributed by atoms with E-state index in [1.165, 1.54) is 36.3 Å². The molecule has 172 valence electrons. The predicted octanol–water partition coefficient (Wildman–Crippen LogP) is 3.93. The van der Waals surface area contributed by atoms with E-state index in [1.54, 1.807) is 49.6 Å². The summed E-state index contributed by atoms with van der Waals surface area (Å²) in [6, 6.07) is 13.0. The number of hydrogen-bond acceptors (Lipinski definition) is 7. The first kappa shape index (κ1) is 22.7. The van der Waals surface area contributed by atoms with Crippen molar-refractivity contribution in [2.75, 3.05) is 7.11 Å². The third kappa shape index (κ3) is 4.11. The molecule has 1 atom stereocenters. The number of Topliss-reactive ketones (excluding diaryl/α,β-unsaturated/α-hetero) is 1. The summed E-state index contributed by atoms with van der Waals surface area (Å²) in [4.78, 5) is 42.2. The number of non-ortho nitro benzene ring substituents is 1. The molecule has 1 aliphatic heterocycles. The monoisotopic (exact) mass is 459 g/mol. The number of aryl methyl sites for hydroxylation is 1. The first-order chi connectivity index (χ1) is 16.3. The molecule has 0 spiro atoms. The van der Waals surface area contributed by atoms with E-state index in [1.807, 2.05) is 0 Å². The molecule has 3 aromatic rings. The number of carbonyl (C=O) groups excluding carboxylic acids is 2. The summed E-state index contributed by atoms with van der Waals surface area (Å²) in [5, 5.41) is 22.3. The highest BCUT2D eigenvalue weighted by molar-refractivity contribution is 6.46. The first-order valence-electron chi connectivity index (χ1n) is 10.4. The summed E-state index contributed by atoms with van der Waals surface area (Å²) >= 11 is 0. The van der Waals surface area contributed by atoms with Crippen LogP contribution in [0.15, 0.2) is 72.6 Å². The lowest BCUT2D eigenvalue weighted by Gasteiger charge is -2.25. The molecule has 4 rings (SSSR count). The molecule has 1 aliphatic rings. The van der Waals surface area contributed by atoms with Gasteiger partial charge in [0.05, 0.1) is 23.6 Å². The van der Waals surface area contributed by atoms with Gasteiger partial charge in [-0.25, -0.2) is 0 Å². The van der Waals surface area contributed by atoms with Gasteiger partial charge in [-0.1, -0.05) is 6.07 Å². The van der Waals surface area contributed by atoms with Gasteiger partial charge < -0.3 is 14.7 Å². The summed E-state index contributed by atoms with van der Waals surface area (Å²) in [6.07, 6.45) is 3.18. The minimum absolute atomic E-state index is 0.0679. The topological polar surface area (TPSA) is 123 Å². The number of nitro groups is 1. The van der Waals surface area contributed by atoms with Crippen LogP contribution in [0.2, 0.25) is 0 Å². The molecule has 1 amide bonds. The number of nitrogens with zero attached hydrogens (tertiary/aromatic N) is 3. The lowest BCUT2D eigenvalue weighted by molar-refractivity contribution is -0.384. The summed E-state index contributed by atoms with van der Waals surface area (Å²) in [5.74, 6) is -1.33. The van der Waals surface area contributed by atoms with Gasteiger partial charge >= 0.3 is 0 Å². The molecule has 1 saturated heterocycles. The molecule has 1 fully saturated rings. The predicted molar refractivity (Wildman–Crippen MR) is 123 cm³/mol. The van der Waals surface area contributed by atoms with Crippen LogP contribution < -0.4 is 4.74 Å². The van der Waals surface area contributed by atoms with Gasteiger partial charge in [0.2, 0.25) is 0 Å². The Morgan fingerprint density at radius 1 is 1.18 bits per heavy atom. The van der Waals surface area contributed by atoms with Crippen molar-refractivity contribution in [3.63, 3.8) is 0 Å². The number of nitro benzene ring substituents is 1. The number of carbonyl (C=O) groups is 2. The first-order valence-corrected chi connectivity index (χ1v) is 10.4. The second-order valence-electron chi connectivity index (χ2n) is 7.82. The Morgan fingerprint density at radius 3 is 2.50 bits per heavy atom. The number of aromatic nitrogens is 1. The number of methoxy groups -OCH3 is 1. The van der Waals surface area contributed by atoms with Crippen LogP contribution in [-0.4, -0.2) is 38.7 Å². The van der Waals surface area contributed by atoms with Crippen LogP contribution in [0.4, 0.5) is 5.69 Å². The van der Waals surface area contributed by atoms with Crippen molar-refractivity contribution in [2.24, 2.45) is 0 Å². The van der Waals surface area contributed by atoms with Crippen molar-refractivity contribution in [3.8, 4) is 5.75 Å². The Hall–Kier alpha value is -4.53. The number of aliphatic hydroxyl groups is 1. The number of pyridine rings is 1. The molecule has 1 aromatic heterocycles. The molecular formula is C25H21N3O6. The molecule has 9 nitrogen and oxygen atoms in total. The normalized spacial score (nSPS) is 17.1. The maximum Gasteiger partial charge on any atom is 0.295 e. The van der Waals surface area contributed by atoms with E-state index in [0.717, 1.165) is 5.56 Å². The Labute approximate surface area is 195 Å². The third-order valence-electron chi connectivity index (χ3n) is 5.70. The molecule has 2 heterocycles. The number of aliphatic hydroxyl groups excluding tert-OH is 1. The maximum atomic E-state index is 13.1. The molecule has 1 N–H and O–H groups in total. The summed E-state index contributed by atoms with van der Waals surface area (Å²) < 4.78 is 5.26. The van der Waals surface area contributed by atoms with Crippen LogP contribution in [0.3, 0.4) is 0 Å². The van der Waals surface area contributed by atoms with Crippen molar-refractivity contribution < 1.29 is 24.4 Å². The minimum atomic E-state index is -0.941. The Balaban J connectivity index is 1.86. The van der Waals surface area contributed by atoms with Crippen molar-refractivity contribution in [2.45, 2.75) is 19.5 Å². The van der Waals surface area contributed by atoms with Crippen molar-refractivity contribution in [1.82, 2.24) is 9.88 Å². The second kappa shape index (κ2) is 9.14. The number of benzene rings is 2. The van der Waals surface area contributed by atoms with Crippen molar-refractivity contribution in [1.29, 1.82) is 0 Å². The van der Waals surface area contributed by atoms with Crippen LogP contribution in [0.25, 0.3) is 5.76 Å². The van der Waals surface area contributed by atoms with Gasteiger partial charge in [-0.3, -0.25) is 24.7 Å². The van der Waals surface area contributed by atoms with E-state index in [0.29, 0.717) is 22.4 Å². The number of hydrogen-bond donors (Lipinski definition) is 1. The van der Waals surface area contributed by atoms with Crippen LogP contribution in [-0.2, 0) is 16.1 Å². The van der Waals surface area contributed by atoms with Gasteiger partial charge in [0.15, 0.2) is 0 Å². The standard InChI is InChI=1S/C25H21N3O6/c1-15-12-18(7-10-20(15)34-2)23(29)21-22(17-5-8-19(9-6-17)28(32)33)27(25(31)24(21)30)14-16-4-3-11-26-13-16/h3-13,22,29H,14H2,1-2H3/t22-/m1/s1. The average Bonchev–Trinajstić information content (AvgIpc) is 3.09. The number of likely N-dealkylation sites (tertiary alicyclic amines) is 1. The van der Waals surface area contributed by atoms with Gasteiger partial charge in [-0.15, -0.1) is 0 Å². The lowest BCUT2D eigenvalue weighted by atomic mass is 9.94. The molecule has 0 radical (unpaired) electrons. The van der Waals surface area contributed by atoms with Crippen molar-refractivity contribution in [3.05, 3.63) is 105 Å². The number of rotatable bonds is 6. The molecular weight excluding hydrogens is 438 g/mol. The van der Waals surface area contributed by atoms with Crippen LogP contribution in [0, 0.1) is 17.0 Å². The SMILES string of the molecule is COc1ccc(C(O)=C2C(=O)C(=O)N(Cc3cccnc3)[C@@H]2c2ccc([N+](=O)[O-])cc2)cc1C. The van der Waals surface area contributed by atoms with Crippen LogP contribution in [0.1, 0.15) is 28.3 Å². The molecule has 2 aromatic carbocycles. The zero-order chi connectivity index (χ0) is 24.4. The Morgan fingerprint density at radius 2 is 1.91 bits per heavy atom. The molecule has 0 unspecified atom stereocenters. The zero-order valence-electron chi connectivity index (χ0n) is 18.5. The summed E-state index contributed by atoms with van der Waals surface area (Å²) in [6.45, 7) is 1.86. The maximum absolute atomic E-state index is 13.1. The van der Waals surface area contributed by atoms with E-state index >= 15 is 0 Å². The van der Waals surface area contributed by atoms with Crippen LogP contribution >= 0.6 is 0 Å². The number of ether oxygens (including phenoxy) is 1. The second-order valence-corrected chi connectivity index (χ2v) is 7.82. The molecule has 0 aliphatic carbocycles. The van der Waals surface area contributed by atoms with Gasteiger partial charge in [0.1, 0.15) is 11.5 Å². The largest absolute Gasteiger partial charge is 0.507 e. The van der Waals surface area contributed by atoms with E-state index in [4.69, 9.17) is 4.74 Å².